The van der Waals surface area contributed by atoms with Gasteiger partial charge in [-0.2, -0.15) is 0 Å². The summed E-state index contributed by atoms with van der Waals surface area (Å²) in [5.74, 6) is 0. The van der Waals surface area contributed by atoms with Crippen LogP contribution in [0.3, 0.4) is 0 Å². The summed E-state index contributed by atoms with van der Waals surface area (Å²) < 4.78 is 4.24. The summed E-state index contributed by atoms with van der Waals surface area (Å²) in [6.45, 7) is 3.04. The second kappa shape index (κ2) is 2.57. The van der Waals surface area contributed by atoms with Crippen LogP contribution in [0.4, 0.5) is 0 Å². The molecule has 0 saturated carbocycles. The Balaban J connectivity index is 3.15. The summed E-state index contributed by atoms with van der Waals surface area (Å²) >= 11 is 0. The quantitative estimate of drug-likeness (QED) is 0.265. The third-order valence-electron chi connectivity index (χ3n) is 1.32. The van der Waals surface area contributed by atoms with Gasteiger partial charge in [-0.1, -0.05) is 5.16 Å². The van der Waals surface area contributed by atoms with Crippen LogP contribution in [0.15, 0.2) is 9.78 Å². The minimum atomic E-state index is 0.251. The second-order valence-corrected chi connectivity index (χ2v) is 2.05. The summed E-state index contributed by atoms with van der Waals surface area (Å²) in [7, 11) is 0. The van der Waals surface area contributed by atoms with Crippen molar-refractivity contribution in [1.29, 1.82) is 0 Å². The number of aromatic nitrogens is 2. The molecule has 1 heterocycles. The van der Waals surface area contributed by atoms with Gasteiger partial charge in [-0.25, -0.2) is 0 Å². The zero-order valence-electron chi connectivity index (χ0n) is 6.11. The van der Waals surface area contributed by atoms with E-state index in [0.29, 0.717) is 0 Å². The van der Waals surface area contributed by atoms with Crippen LogP contribution in [-0.4, -0.2) is 16.1 Å². The molecular formula is C5H7N3O3. The van der Waals surface area contributed by atoms with Gasteiger partial charge in [-0.15, -0.1) is 0 Å². The van der Waals surface area contributed by atoms with Gasteiger partial charge in [0.05, 0.1) is 0 Å². The Kier molecular flexibility index (Phi) is 1.75. The van der Waals surface area contributed by atoms with Crippen molar-refractivity contribution in [3.63, 3.8) is 0 Å². The molecule has 6 heteroatoms. The van der Waals surface area contributed by atoms with E-state index in [4.69, 9.17) is 5.21 Å². The van der Waals surface area contributed by atoms with Gasteiger partial charge in [-0.05, 0) is 11.8 Å². The average Bonchev–Trinajstić information content (AvgIpc) is 2.32. The van der Waals surface area contributed by atoms with E-state index in [-0.39, 0.29) is 22.0 Å². The summed E-state index contributed by atoms with van der Waals surface area (Å²) in [6.07, 6.45) is 0. The maximum Gasteiger partial charge on any atom is 0.268 e. The SMILES string of the molecule is C/C(=N/O)c1no[n+]([O-])c1C. The molecule has 1 N–H and O–H groups in total. The van der Waals surface area contributed by atoms with E-state index in [1.807, 2.05) is 0 Å². The molecule has 0 aliphatic rings. The molecule has 1 aromatic rings. The van der Waals surface area contributed by atoms with Crippen molar-refractivity contribution < 1.29 is 14.7 Å². The van der Waals surface area contributed by atoms with Crippen molar-refractivity contribution >= 4 is 5.71 Å². The summed E-state index contributed by atoms with van der Waals surface area (Å²) in [5, 5.41) is 25.2. The lowest BCUT2D eigenvalue weighted by Gasteiger charge is -1.86. The van der Waals surface area contributed by atoms with Gasteiger partial charge in [-0.3, -0.25) is 4.63 Å². The van der Waals surface area contributed by atoms with Gasteiger partial charge < -0.3 is 10.4 Å². The van der Waals surface area contributed by atoms with Crippen molar-refractivity contribution in [1.82, 2.24) is 5.16 Å². The van der Waals surface area contributed by atoms with E-state index in [0.717, 1.165) is 0 Å². The van der Waals surface area contributed by atoms with Crippen molar-refractivity contribution in [3.05, 3.63) is 16.6 Å². The fraction of sp³-hybridized carbons (Fsp3) is 0.400. The lowest BCUT2D eigenvalue weighted by atomic mass is 10.2. The number of oxime groups is 1. The standard InChI is InChI=1S/C5H7N3O3/c1-3(6-9)5-4(2)8(10)11-7-5/h9H,1-2H3/b6-3-. The molecule has 1 rings (SSSR count). The first-order valence-electron chi connectivity index (χ1n) is 2.92. The van der Waals surface area contributed by atoms with Gasteiger partial charge in [0, 0.05) is 12.1 Å². The normalized spacial score (nSPS) is 12.0. The molecule has 0 bridgehead atoms. The van der Waals surface area contributed by atoms with Crippen LogP contribution in [0.2, 0.25) is 0 Å². The molecule has 11 heavy (non-hydrogen) atoms. The van der Waals surface area contributed by atoms with Crippen molar-refractivity contribution in [3.8, 4) is 0 Å². The number of hydrogen-bond donors (Lipinski definition) is 1. The smallest absolute Gasteiger partial charge is 0.268 e. The van der Waals surface area contributed by atoms with Crippen molar-refractivity contribution in [2.24, 2.45) is 5.16 Å². The molecule has 0 aliphatic carbocycles. The minimum Gasteiger partial charge on any atom is -0.411 e. The number of rotatable bonds is 1. The second-order valence-electron chi connectivity index (χ2n) is 2.05. The molecule has 6 nitrogen and oxygen atoms in total. The van der Waals surface area contributed by atoms with Crippen LogP contribution < -0.4 is 4.90 Å². The Morgan fingerprint density at radius 3 is 2.82 bits per heavy atom. The molecule has 0 atom stereocenters. The lowest BCUT2D eigenvalue weighted by Crippen LogP contribution is -2.26. The minimum absolute atomic E-state index is 0.251. The third kappa shape index (κ3) is 1.14. The molecule has 0 unspecified atom stereocenters. The van der Waals surface area contributed by atoms with E-state index in [9.17, 15) is 5.21 Å². The van der Waals surface area contributed by atoms with Crippen LogP contribution in [0.25, 0.3) is 0 Å². The van der Waals surface area contributed by atoms with Crippen molar-refractivity contribution in [2.45, 2.75) is 13.8 Å². The predicted molar refractivity (Wildman–Crippen MR) is 34.2 cm³/mol. The van der Waals surface area contributed by atoms with Crippen molar-refractivity contribution in [2.75, 3.05) is 0 Å². The first-order valence-corrected chi connectivity index (χ1v) is 2.92. The molecule has 0 aliphatic heterocycles. The Morgan fingerprint density at radius 1 is 1.82 bits per heavy atom. The highest BCUT2D eigenvalue weighted by molar-refractivity contribution is 5.96. The van der Waals surface area contributed by atoms with Crippen LogP contribution in [0.1, 0.15) is 18.3 Å². The summed E-state index contributed by atoms with van der Waals surface area (Å²) in [6, 6.07) is 0. The maximum absolute atomic E-state index is 10.6. The monoisotopic (exact) mass is 157 g/mol. The van der Waals surface area contributed by atoms with Gasteiger partial charge >= 0.3 is 0 Å². The number of nitrogens with zero attached hydrogens (tertiary/aromatic N) is 3. The van der Waals surface area contributed by atoms with Gasteiger partial charge in [0.2, 0.25) is 5.69 Å². The fourth-order valence-corrected chi connectivity index (χ4v) is 0.667. The fourth-order valence-electron chi connectivity index (χ4n) is 0.667. The molecule has 0 aromatic carbocycles. The highest BCUT2D eigenvalue weighted by atomic mass is 16.8. The highest BCUT2D eigenvalue weighted by Crippen LogP contribution is 1.99. The first-order chi connectivity index (χ1) is 5.16. The van der Waals surface area contributed by atoms with Crippen LogP contribution in [0, 0.1) is 12.1 Å². The lowest BCUT2D eigenvalue weighted by molar-refractivity contribution is -0.806. The van der Waals surface area contributed by atoms with E-state index in [1.54, 1.807) is 0 Å². The van der Waals surface area contributed by atoms with E-state index < -0.39 is 0 Å². The zero-order valence-corrected chi connectivity index (χ0v) is 6.11. The Bertz CT molecular complexity index is 291. The first kappa shape index (κ1) is 7.52. The molecule has 1 aromatic heterocycles. The molecule has 0 radical (unpaired) electrons. The molecule has 0 spiro atoms. The molecular weight excluding hydrogens is 150 g/mol. The third-order valence-corrected chi connectivity index (χ3v) is 1.32. The summed E-state index contributed by atoms with van der Waals surface area (Å²) in [4.78, 5) is 0.254. The zero-order chi connectivity index (χ0) is 8.43. The van der Waals surface area contributed by atoms with Gasteiger partial charge in [0.15, 0.2) is 0 Å². The van der Waals surface area contributed by atoms with E-state index >= 15 is 0 Å². The molecule has 0 fully saturated rings. The molecule has 60 valence electrons. The Labute approximate surface area is 62.3 Å². The Hall–Kier alpha value is -1.59. The van der Waals surface area contributed by atoms with E-state index in [2.05, 4.69) is 14.9 Å². The molecule has 0 saturated heterocycles. The van der Waals surface area contributed by atoms with Crippen LogP contribution >= 0.6 is 0 Å². The van der Waals surface area contributed by atoms with Gasteiger partial charge in [0.25, 0.3) is 5.69 Å². The summed E-state index contributed by atoms with van der Waals surface area (Å²) in [5.41, 5.74) is 0.795. The number of hydrogen-bond acceptors (Lipinski definition) is 5. The topological polar surface area (TPSA) is 85.6 Å². The largest absolute Gasteiger partial charge is 0.411 e. The average molecular weight is 157 g/mol. The van der Waals surface area contributed by atoms with Crippen LogP contribution in [0.5, 0.6) is 0 Å². The van der Waals surface area contributed by atoms with Gasteiger partial charge in [0.1, 0.15) is 5.71 Å². The Morgan fingerprint density at radius 2 is 2.45 bits per heavy atom. The molecule has 0 amide bonds. The maximum atomic E-state index is 10.6. The predicted octanol–water partition coefficient (Wildman–Crippen LogP) is -0.185. The van der Waals surface area contributed by atoms with Crippen LogP contribution in [-0.2, 0) is 0 Å². The van der Waals surface area contributed by atoms with E-state index in [1.165, 1.54) is 13.8 Å². The highest BCUT2D eigenvalue weighted by Gasteiger charge is 2.16.